The van der Waals surface area contributed by atoms with Crippen LogP contribution in [0, 0.1) is 0 Å². The zero-order valence-corrected chi connectivity index (χ0v) is 17.6. The predicted molar refractivity (Wildman–Crippen MR) is 115 cm³/mol. The molecule has 14 heteroatoms. The Hall–Kier alpha value is -4.11. The van der Waals surface area contributed by atoms with Gasteiger partial charge in [0.25, 0.3) is 0 Å². The molecule has 0 rings (SSSR count). The molecule has 0 fully saturated rings. The standard InChI is InChI=1S/C4H10O4.5C3H4O2/c5-1-3(7)4(8)2-6;5*1-2-3(4)5/h3-8H,1-2H2;5*2H,1H2,(H,4,5)/t3-,4+;;;;;. The molecule has 190 valence electrons. The van der Waals surface area contributed by atoms with E-state index in [4.69, 9.17) is 46.0 Å². The summed E-state index contributed by atoms with van der Waals surface area (Å²) in [5.74, 6) is -4.91. The first kappa shape index (κ1) is 42.9. The molecule has 0 bridgehead atoms. The van der Waals surface area contributed by atoms with Crippen molar-refractivity contribution in [3.63, 3.8) is 0 Å². The molecule has 14 nitrogen and oxygen atoms in total. The summed E-state index contributed by atoms with van der Waals surface area (Å²) in [6.07, 6.45) is 1.72. The maximum absolute atomic E-state index is 9.25. The predicted octanol–water partition coefficient (Wildman–Crippen LogP) is -1.02. The molecule has 0 saturated heterocycles. The lowest BCUT2D eigenvalue weighted by Gasteiger charge is -2.10. The van der Waals surface area contributed by atoms with Crippen LogP contribution in [0.1, 0.15) is 0 Å². The molecular weight excluding hydrogens is 452 g/mol. The van der Waals surface area contributed by atoms with Crippen LogP contribution in [0.15, 0.2) is 63.3 Å². The van der Waals surface area contributed by atoms with Crippen molar-refractivity contribution in [1.29, 1.82) is 0 Å². The third-order valence-electron chi connectivity index (χ3n) is 1.69. The van der Waals surface area contributed by atoms with E-state index in [2.05, 4.69) is 32.9 Å². The van der Waals surface area contributed by atoms with Crippen LogP contribution in [0.25, 0.3) is 0 Å². The van der Waals surface area contributed by atoms with E-state index in [1.165, 1.54) is 0 Å². The summed E-state index contributed by atoms with van der Waals surface area (Å²) in [6.45, 7) is 13.8. The monoisotopic (exact) mass is 482 g/mol. The van der Waals surface area contributed by atoms with Crippen LogP contribution in [0.5, 0.6) is 0 Å². The molecule has 0 aliphatic rings. The van der Waals surface area contributed by atoms with E-state index in [0.29, 0.717) is 0 Å². The van der Waals surface area contributed by atoms with Crippen molar-refractivity contribution in [2.75, 3.05) is 13.2 Å². The number of carboxylic acids is 5. The van der Waals surface area contributed by atoms with Gasteiger partial charge in [0.2, 0.25) is 0 Å². The van der Waals surface area contributed by atoms with E-state index in [-0.39, 0.29) is 0 Å². The van der Waals surface area contributed by atoms with Crippen LogP contribution in [-0.4, -0.2) is 101 Å². The lowest BCUT2D eigenvalue weighted by molar-refractivity contribution is -0.132. The second-order valence-corrected chi connectivity index (χ2v) is 4.21. The lowest BCUT2D eigenvalue weighted by atomic mass is 10.2. The third-order valence-corrected chi connectivity index (χ3v) is 1.69. The van der Waals surface area contributed by atoms with Gasteiger partial charge in [-0.25, -0.2) is 24.0 Å². The topological polar surface area (TPSA) is 267 Å². The molecule has 2 atom stereocenters. The van der Waals surface area contributed by atoms with Gasteiger partial charge in [-0.15, -0.1) is 0 Å². The zero-order valence-electron chi connectivity index (χ0n) is 17.6. The summed E-state index contributed by atoms with van der Waals surface area (Å²) in [4.78, 5) is 46.2. The van der Waals surface area contributed by atoms with Crippen molar-refractivity contribution in [2.24, 2.45) is 0 Å². The largest absolute Gasteiger partial charge is 0.478 e. The highest BCUT2D eigenvalue weighted by Gasteiger charge is 2.12. The van der Waals surface area contributed by atoms with Crippen molar-refractivity contribution in [3.05, 3.63) is 63.3 Å². The van der Waals surface area contributed by atoms with Crippen molar-refractivity contribution in [1.82, 2.24) is 0 Å². The summed E-state index contributed by atoms with van der Waals surface area (Å²) in [5, 5.41) is 71.2. The molecule has 9 N–H and O–H groups in total. The van der Waals surface area contributed by atoms with Crippen LogP contribution in [0.2, 0.25) is 0 Å². The van der Waals surface area contributed by atoms with E-state index in [1.54, 1.807) is 0 Å². The fraction of sp³-hybridized carbons (Fsp3) is 0.211. The Bertz CT molecular complexity index is 497. The first-order valence-electron chi connectivity index (χ1n) is 7.92. The number of aliphatic carboxylic acids is 5. The Labute approximate surface area is 189 Å². The molecule has 0 unspecified atom stereocenters. The van der Waals surface area contributed by atoms with Crippen LogP contribution >= 0.6 is 0 Å². The van der Waals surface area contributed by atoms with E-state index in [0.717, 1.165) is 30.4 Å². The van der Waals surface area contributed by atoms with Crippen LogP contribution in [0.4, 0.5) is 0 Å². The van der Waals surface area contributed by atoms with Gasteiger partial charge in [0.15, 0.2) is 0 Å². The maximum atomic E-state index is 9.25. The number of aliphatic hydroxyl groups is 4. The van der Waals surface area contributed by atoms with E-state index in [9.17, 15) is 24.0 Å². The fourth-order valence-electron chi connectivity index (χ4n) is 0.243. The van der Waals surface area contributed by atoms with Gasteiger partial charge in [-0.1, -0.05) is 32.9 Å². The smallest absolute Gasteiger partial charge is 0.327 e. The molecule has 0 heterocycles. The Morgan fingerprint density at radius 1 is 0.485 bits per heavy atom. The van der Waals surface area contributed by atoms with Crippen LogP contribution in [0.3, 0.4) is 0 Å². The first-order chi connectivity index (χ1) is 15.1. The average Bonchev–Trinajstić information content (AvgIpc) is 2.79. The van der Waals surface area contributed by atoms with Crippen molar-refractivity contribution in [2.45, 2.75) is 12.2 Å². The third kappa shape index (κ3) is 96.9. The molecule has 0 aliphatic carbocycles. The Morgan fingerprint density at radius 3 is 0.606 bits per heavy atom. The highest BCUT2D eigenvalue weighted by molar-refractivity contribution is 5.80. The summed E-state index contributed by atoms with van der Waals surface area (Å²) in [5.41, 5.74) is 0. The first-order valence-corrected chi connectivity index (χ1v) is 7.92. The molecule has 0 amide bonds. The van der Waals surface area contributed by atoms with Crippen LogP contribution in [-0.2, 0) is 24.0 Å². The molecule has 0 aliphatic heterocycles. The van der Waals surface area contributed by atoms with Gasteiger partial charge in [-0.3, -0.25) is 0 Å². The SMILES string of the molecule is C=CC(=O)O.C=CC(=O)O.C=CC(=O)O.C=CC(=O)O.C=CC(=O)O.OC[C@@H](O)[C@@H](O)CO. The fourth-order valence-corrected chi connectivity index (χ4v) is 0.243. The van der Waals surface area contributed by atoms with Gasteiger partial charge >= 0.3 is 29.8 Å². The number of rotatable bonds is 8. The van der Waals surface area contributed by atoms with Gasteiger partial charge < -0.3 is 46.0 Å². The molecule has 0 spiro atoms. The van der Waals surface area contributed by atoms with Gasteiger partial charge in [0.1, 0.15) is 12.2 Å². The van der Waals surface area contributed by atoms with E-state index in [1.807, 2.05) is 0 Å². The van der Waals surface area contributed by atoms with Gasteiger partial charge in [0, 0.05) is 30.4 Å². The normalized spacial score (nSPS) is 9.21. The van der Waals surface area contributed by atoms with Gasteiger partial charge in [-0.2, -0.15) is 0 Å². The minimum Gasteiger partial charge on any atom is -0.478 e. The van der Waals surface area contributed by atoms with Crippen LogP contribution < -0.4 is 0 Å². The lowest BCUT2D eigenvalue weighted by Crippen LogP contribution is -2.31. The highest BCUT2D eigenvalue weighted by atomic mass is 16.4. The quantitative estimate of drug-likeness (QED) is 0.187. The summed E-state index contributed by atoms with van der Waals surface area (Å²) >= 11 is 0. The molecule has 0 saturated carbocycles. The number of carboxylic acid groups (broad SMARTS) is 5. The van der Waals surface area contributed by atoms with Gasteiger partial charge in [0.05, 0.1) is 13.2 Å². The second kappa shape index (κ2) is 35.3. The van der Waals surface area contributed by atoms with E-state index >= 15 is 0 Å². The van der Waals surface area contributed by atoms with E-state index < -0.39 is 55.3 Å². The molecular formula is C19H30O14. The molecule has 0 aromatic heterocycles. The Kier molecular flexibility index (Phi) is 45.9. The number of carbonyl (C=O) groups is 5. The van der Waals surface area contributed by atoms with Gasteiger partial charge in [-0.05, 0) is 0 Å². The number of aliphatic hydroxyl groups excluding tert-OH is 4. The average molecular weight is 482 g/mol. The summed E-state index contributed by atoms with van der Waals surface area (Å²) in [7, 11) is 0. The molecule has 33 heavy (non-hydrogen) atoms. The van der Waals surface area contributed by atoms with Crippen molar-refractivity contribution < 1.29 is 69.9 Å². The summed E-state index contributed by atoms with van der Waals surface area (Å²) < 4.78 is 0. The molecule has 0 aromatic carbocycles. The number of hydrogen-bond donors (Lipinski definition) is 9. The summed E-state index contributed by atoms with van der Waals surface area (Å²) in [6, 6.07) is 0. The Balaban J connectivity index is -0.0000000671. The number of hydrogen-bond acceptors (Lipinski definition) is 9. The minimum atomic E-state index is -1.22. The van der Waals surface area contributed by atoms with Crippen molar-refractivity contribution in [3.8, 4) is 0 Å². The van der Waals surface area contributed by atoms with Crippen molar-refractivity contribution >= 4 is 29.8 Å². The maximum Gasteiger partial charge on any atom is 0.327 e. The highest BCUT2D eigenvalue weighted by Crippen LogP contribution is 1.88. The Morgan fingerprint density at radius 2 is 0.576 bits per heavy atom. The zero-order chi connectivity index (χ0) is 28.0. The minimum absolute atomic E-state index is 0.526. The molecule has 0 radical (unpaired) electrons. The second-order valence-electron chi connectivity index (χ2n) is 4.21. The molecule has 0 aromatic rings.